The van der Waals surface area contributed by atoms with Gasteiger partial charge in [0.2, 0.25) is 5.91 Å². The third kappa shape index (κ3) is 3.78. The van der Waals surface area contributed by atoms with E-state index in [4.69, 9.17) is 4.74 Å². The molecular formula is C24H33FN2O2. The Morgan fingerprint density at radius 3 is 2.31 bits per heavy atom. The minimum atomic E-state index is -0.303. The molecular weight excluding hydrogens is 367 g/mol. The third-order valence-corrected chi connectivity index (χ3v) is 8.07. The number of piperidine rings is 1. The second-order valence-corrected chi connectivity index (χ2v) is 10.2. The summed E-state index contributed by atoms with van der Waals surface area (Å²) in [6.45, 7) is 2.63. The standard InChI is InChI=1S/C24H33FN2O2/c1-29-22-3-2-16(11-21(22)25)15-27-6-4-20(5-7-27)26-23(28)24-12-17-8-18(13-24)10-19(9-17)14-24/h2-3,11,17-20H,4-10,12-15H2,1H3,(H,26,28). The van der Waals surface area contributed by atoms with Crippen LogP contribution in [0.4, 0.5) is 4.39 Å². The number of hydrogen-bond acceptors (Lipinski definition) is 3. The average Bonchev–Trinajstić information content (AvgIpc) is 2.68. The first-order chi connectivity index (χ1) is 14.0. The highest BCUT2D eigenvalue weighted by Gasteiger charge is 2.54. The van der Waals surface area contributed by atoms with Crippen molar-refractivity contribution in [2.45, 2.75) is 64.0 Å². The molecule has 1 aromatic rings. The van der Waals surface area contributed by atoms with Gasteiger partial charge in [-0.1, -0.05) is 6.07 Å². The third-order valence-electron chi connectivity index (χ3n) is 8.07. The minimum Gasteiger partial charge on any atom is -0.494 e. The second-order valence-electron chi connectivity index (χ2n) is 10.2. The molecule has 5 fully saturated rings. The monoisotopic (exact) mass is 400 g/mol. The van der Waals surface area contributed by atoms with Crippen LogP contribution in [0.2, 0.25) is 0 Å². The molecule has 0 unspecified atom stereocenters. The van der Waals surface area contributed by atoms with Crippen molar-refractivity contribution >= 4 is 5.91 Å². The van der Waals surface area contributed by atoms with Crippen LogP contribution in [0.15, 0.2) is 18.2 Å². The first-order valence-corrected chi connectivity index (χ1v) is 11.4. The maximum absolute atomic E-state index is 13.9. The summed E-state index contributed by atoms with van der Waals surface area (Å²) in [5, 5.41) is 3.44. The van der Waals surface area contributed by atoms with Crippen LogP contribution in [-0.4, -0.2) is 37.0 Å². The van der Waals surface area contributed by atoms with Crippen LogP contribution < -0.4 is 10.1 Å². The molecule has 0 spiro atoms. The number of carbonyl (C=O) groups excluding carboxylic acids is 1. The smallest absolute Gasteiger partial charge is 0.226 e. The van der Waals surface area contributed by atoms with Crippen LogP contribution >= 0.6 is 0 Å². The summed E-state index contributed by atoms with van der Waals surface area (Å²) in [5.74, 6) is 2.76. The molecule has 1 N–H and O–H groups in total. The Kier molecular flexibility index (Phi) is 5.05. The molecule has 5 aliphatic rings. The zero-order valence-electron chi connectivity index (χ0n) is 17.5. The molecule has 4 nitrogen and oxygen atoms in total. The lowest BCUT2D eigenvalue weighted by molar-refractivity contribution is -0.147. The van der Waals surface area contributed by atoms with E-state index in [1.165, 1.54) is 26.4 Å². The van der Waals surface area contributed by atoms with Crippen LogP contribution in [-0.2, 0) is 11.3 Å². The summed E-state index contributed by atoms with van der Waals surface area (Å²) >= 11 is 0. The lowest BCUT2D eigenvalue weighted by atomic mass is 9.49. The summed E-state index contributed by atoms with van der Waals surface area (Å²) in [4.78, 5) is 15.6. The summed E-state index contributed by atoms with van der Waals surface area (Å²) in [5.41, 5.74) is 0.923. The van der Waals surface area contributed by atoms with Gasteiger partial charge in [0.05, 0.1) is 7.11 Å². The molecule has 1 aliphatic heterocycles. The molecule has 6 rings (SSSR count). The molecule has 0 aromatic heterocycles. The van der Waals surface area contributed by atoms with Gasteiger partial charge in [0.15, 0.2) is 11.6 Å². The largest absolute Gasteiger partial charge is 0.494 e. The van der Waals surface area contributed by atoms with Gasteiger partial charge in [-0.25, -0.2) is 4.39 Å². The summed E-state index contributed by atoms with van der Waals surface area (Å²) in [6, 6.07) is 5.49. The molecule has 0 radical (unpaired) electrons. The van der Waals surface area contributed by atoms with Gasteiger partial charge < -0.3 is 10.1 Å². The zero-order valence-corrected chi connectivity index (χ0v) is 17.5. The number of nitrogens with one attached hydrogen (secondary N) is 1. The molecule has 1 heterocycles. The van der Waals surface area contributed by atoms with Gasteiger partial charge in [-0.15, -0.1) is 0 Å². The Morgan fingerprint density at radius 2 is 1.76 bits per heavy atom. The quantitative estimate of drug-likeness (QED) is 0.808. The Hall–Kier alpha value is -1.62. The summed E-state index contributed by atoms with van der Waals surface area (Å²) in [6.07, 6.45) is 9.48. The van der Waals surface area contributed by atoms with Gasteiger partial charge >= 0.3 is 0 Å². The fourth-order valence-electron chi connectivity index (χ4n) is 7.03. The van der Waals surface area contributed by atoms with E-state index in [9.17, 15) is 9.18 Å². The number of methoxy groups -OCH3 is 1. The number of likely N-dealkylation sites (tertiary alicyclic amines) is 1. The highest BCUT2D eigenvalue weighted by Crippen LogP contribution is 2.60. The predicted molar refractivity (Wildman–Crippen MR) is 110 cm³/mol. The summed E-state index contributed by atoms with van der Waals surface area (Å²) < 4.78 is 18.9. The topological polar surface area (TPSA) is 41.6 Å². The van der Waals surface area contributed by atoms with E-state index in [0.29, 0.717) is 17.7 Å². The van der Waals surface area contributed by atoms with Gasteiger partial charge in [0.1, 0.15) is 0 Å². The van der Waals surface area contributed by atoms with Crippen molar-refractivity contribution < 1.29 is 13.9 Å². The minimum absolute atomic E-state index is 0.0491. The highest BCUT2D eigenvalue weighted by molar-refractivity contribution is 5.83. The number of rotatable bonds is 5. The van der Waals surface area contributed by atoms with Crippen molar-refractivity contribution in [2.24, 2.45) is 23.2 Å². The lowest BCUT2D eigenvalue weighted by Crippen LogP contribution is -2.56. The molecule has 1 aromatic carbocycles. The van der Waals surface area contributed by atoms with Crippen molar-refractivity contribution in [3.63, 3.8) is 0 Å². The molecule has 5 heteroatoms. The first kappa shape index (κ1) is 19.3. The van der Waals surface area contributed by atoms with Gasteiger partial charge in [-0.2, -0.15) is 0 Å². The number of nitrogens with zero attached hydrogens (tertiary/aromatic N) is 1. The van der Waals surface area contributed by atoms with E-state index in [0.717, 1.165) is 75.1 Å². The Morgan fingerprint density at radius 1 is 1.14 bits per heavy atom. The zero-order chi connectivity index (χ0) is 20.0. The van der Waals surface area contributed by atoms with Crippen molar-refractivity contribution in [3.8, 4) is 5.75 Å². The molecule has 0 atom stereocenters. The molecule has 158 valence electrons. The number of carbonyl (C=O) groups is 1. The van der Waals surface area contributed by atoms with E-state index >= 15 is 0 Å². The van der Waals surface area contributed by atoms with Gasteiger partial charge in [0.25, 0.3) is 0 Å². The normalized spacial score (nSPS) is 34.3. The van der Waals surface area contributed by atoms with Crippen LogP contribution in [0.1, 0.15) is 56.9 Å². The average molecular weight is 401 g/mol. The van der Waals surface area contributed by atoms with E-state index < -0.39 is 0 Å². The van der Waals surface area contributed by atoms with Crippen molar-refractivity contribution in [1.82, 2.24) is 10.2 Å². The fraction of sp³-hybridized carbons (Fsp3) is 0.708. The molecule has 4 aliphatic carbocycles. The fourth-order valence-corrected chi connectivity index (χ4v) is 7.03. The molecule has 1 saturated heterocycles. The van der Waals surface area contributed by atoms with Gasteiger partial charge in [-0.3, -0.25) is 9.69 Å². The predicted octanol–water partition coefficient (Wildman–Crippen LogP) is 4.13. The van der Waals surface area contributed by atoms with Crippen LogP contribution in [0.25, 0.3) is 0 Å². The molecule has 29 heavy (non-hydrogen) atoms. The van der Waals surface area contributed by atoms with Crippen LogP contribution in [0.5, 0.6) is 5.75 Å². The molecule has 1 amide bonds. The Bertz CT molecular complexity index is 737. The molecule has 4 bridgehead atoms. The number of halogens is 1. The maximum Gasteiger partial charge on any atom is 0.226 e. The number of amides is 1. The second kappa shape index (κ2) is 7.57. The number of hydrogen-bond donors (Lipinski definition) is 1. The van der Waals surface area contributed by atoms with Crippen LogP contribution in [0, 0.1) is 29.0 Å². The first-order valence-electron chi connectivity index (χ1n) is 11.4. The van der Waals surface area contributed by atoms with Crippen LogP contribution in [0.3, 0.4) is 0 Å². The van der Waals surface area contributed by atoms with Crippen molar-refractivity contribution in [1.29, 1.82) is 0 Å². The number of ether oxygens (including phenoxy) is 1. The van der Waals surface area contributed by atoms with E-state index in [1.807, 2.05) is 6.07 Å². The maximum atomic E-state index is 13.9. The SMILES string of the molecule is COc1ccc(CN2CCC(NC(=O)C34CC5CC(CC(C5)C3)C4)CC2)cc1F. The number of benzene rings is 1. The Labute approximate surface area is 173 Å². The lowest BCUT2D eigenvalue weighted by Gasteiger charge is -2.56. The van der Waals surface area contributed by atoms with E-state index in [1.54, 1.807) is 12.1 Å². The molecule has 4 saturated carbocycles. The van der Waals surface area contributed by atoms with Gasteiger partial charge in [0, 0.05) is 31.1 Å². The van der Waals surface area contributed by atoms with E-state index in [-0.39, 0.29) is 11.2 Å². The van der Waals surface area contributed by atoms with E-state index in [2.05, 4.69) is 10.2 Å². The highest BCUT2D eigenvalue weighted by atomic mass is 19.1. The van der Waals surface area contributed by atoms with Crippen molar-refractivity contribution in [3.05, 3.63) is 29.6 Å². The van der Waals surface area contributed by atoms with Gasteiger partial charge in [-0.05, 0) is 86.8 Å². The Balaban J connectivity index is 1.13. The summed E-state index contributed by atoms with van der Waals surface area (Å²) in [7, 11) is 1.49. The van der Waals surface area contributed by atoms with Crippen molar-refractivity contribution in [2.75, 3.05) is 20.2 Å².